The lowest BCUT2D eigenvalue weighted by atomic mass is 10.1. The van der Waals surface area contributed by atoms with Gasteiger partial charge in [-0.2, -0.15) is 0 Å². The predicted molar refractivity (Wildman–Crippen MR) is 61.7 cm³/mol. The van der Waals surface area contributed by atoms with E-state index < -0.39 is 0 Å². The largest absolute Gasteiger partial charge is 0.452 e. The molecule has 1 saturated heterocycles. The number of nitrogens with one attached hydrogen (secondary N) is 1. The molecule has 0 radical (unpaired) electrons. The van der Waals surface area contributed by atoms with Crippen LogP contribution in [0.1, 0.15) is 23.7 Å². The van der Waals surface area contributed by atoms with Crippen LogP contribution in [0.5, 0.6) is 0 Å². The summed E-state index contributed by atoms with van der Waals surface area (Å²) < 4.78 is 4.95. The fraction of sp³-hybridized carbons (Fsp3) is 0.545. The monoisotopic (exact) mass is 242 g/mol. The number of carbonyl (C=O) groups excluding carboxylic acids is 1. The van der Waals surface area contributed by atoms with Crippen molar-refractivity contribution < 1.29 is 9.21 Å². The Morgan fingerprint density at radius 3 is 2.88 bits per heavy atom. The Balaban J connectivity index is 2.13. The highest BCUT2D eigenvalue weighted by Gasteiger charge is 2.30. The third-order valence-electron chi connectivity index (χ3n) is 2.77. The molecule has 2 rings (SSSR count). The van der Waals surface area contributed by atoms with Gasteiger partial charge in [-0.15, -0.1) is 0 Å². The minimum absolute atomic E-state index is 0.0351. The van der Waals surface area contributed by atoms with Crippen LogP contribution >= 0.6 is 11.6 Å². The number of nitrogens with zero attached hydrogens (tertiary/aromatic N) is 1. The molecule has 1 N–H and O–H groups in total. The molecular formula is C11H15ClN2O2. The molecule has 1 aliphatic heterocycles. The molecule has 0 aromatic carbocycles. The summed E-state index contributed by atoms with van der Waals surface area (Å²) in [6.07, 6.45) is 2.39. The molecular weight excluding hydrogens is 228 g/mol. The van der Waals surface area contributed by atoms with Crippen molar-refractivity contribution in [2.45, 2.75) is 19.4 Å². The second kappa shape index (κ2) is 4.89. The summed E-state index contributed by atoms with van der Waals surface area (Å²) >= 11 is 5.81. The molecule has 1 amide bonds. The minimum atomic E-state index is -0.0351. The van der Waals surface area contributed by atoms with Gasteiger partial charge in [0.05, 0.1) is 17.9 Å². The molecule has 1 aromatic rings. The zero-order chi connectivity index (χ0) is 11.5. The predicted octanol–water partition coefficient (Wildman–Crippen LogP) is 1.76. The molecule has 16 heavy (non-hydrogen) atoms. The van der Waals surface area contributed by atoms with E-state index in [1.807, 2.05) is 4.90 Å². The van der Waals surface area contributed by atoms with Gasteiger partial charge in [0.2, 0.25) is 5.22 Å². The highest BCUT2D eigenvalue weighted by Crippen LogP contribution is 2.20. The zero-order valence-corrected chi connectivity index (χ0v) is 9.96. The van der Waals surface area contributed by atoms with E-state index in [0.29, 0.717) is 11.6 Å². The van der Waals surface area contributed by atoms with E-state index in [1.165, 1.54) is 6.26 Å². The van der Waals surface area contributed by atoms with E-state index >= 15 is 0 Å². The standard InChI is InChI=1S/C11H15ClN2O2/c1-2-4-14(8-6-13-7-8)11(15)9-3-5-16-10(9)12/h3,5,8,13H,2,4,6-7H2,1H3. The number of hydrogen-bond acceptors (Lipinski definition) is 3. The van der Waals surface area contributed by atoms with Gasteiger partial charge in [-0.25, -0.2) is 0 Å². The average Bonchev–Trinajstić information content (AvgIpc) is 2.60. The average molecular weight is 243 g/mol. The van der Waals surface area contributed by atoms with Gasteiger partial charge >= 0.3 is 0 Å². The molecule has 0 bridgehead atoms. The summed E-state index contributed by atoms with van der Waals surface area (Å²) in [5.74, 6) is -0.0351. The highest BCUT2D eigenvalue weighted by molar-refractivity contribution is 6.32. The Labute approximate surface area is 99.5 Å². The molecule has 88 valence electrons. The first-order valence-electron chi connectivity index (χ1n) is 5.48. The summed E-state index contributed by atoms with van der Waals surface area (Å²) in [4.78, 5) is 14.1. The van der Waals surface area contributed by atoms with Crippen LogP contribution < -0.4 is 5.32 Å². The zero-order valence-electron chi connectivity index (χ0n) is 9.20. The second-order valence-corrected chi connectivity index (χ2v) is 4.26. The number of carbonyl (C=O) groups is 1. The van der Waals surface area contributed by atoms with E-state index in [-0.39, 0.29) is 11.1 Å². The van der Waals surface area contributed by atoms with Crippen LogP contribution in [0.3, 0.4) is 0 Å². The van der Waals surface area contributed by atoms with E-state index in [9.17, 15) is 4.79 Å². The van der Waals surface area contributed by atoms with Crippen LogP contribution in [0.4, 0.5) is 0 Å². The first-order valence-corrected chi connectivity index (χ1v) is 5.86. The maximum absolute atomic E-state index is 12.2. The molecule has 0 aliphatic carbocycles. The molecule has 0 spiro atoms. The van der Waals surface area contributed by atoms with E-state index in [2.05, 4.69) is 12.2 Å². The van der Waals surface area contributed by atoms with Crippen LogP contribution in [0.25, 0.3) is 0 Å². The fourth-order valence-corrected chi connectivity index (χ4v) is 1.98. The number of rotatable bonds is 4. The highest BCUT2D eigenvalue weighted by atomic mass is 35.5. The van der Waals surface area contributed by atoms with Gasteiger partial charge in [0, 0.05) is 19.6 Å². The van der Waals surface area contributed by atoms with Crippen LogP contribution in [0.15, 0.2) is 16.7 Å². The third kappa shape index (κ3) is 2.08. The third-order valence-corrected chi connectivity index (χ3v) is 3.07. The lowest BCUT2D eigenvalue weighted by molar-refractivity contribution is 0.0615. The van der Waals surface area contributed by atoms with Crippen molar-refractivity contribution in [1.82, 2.24) is 10.2 Å². The second-order valence-electron chi connectivity index (χ2n) is 3.92. The Hall–Kier alpha value is -1.00. The summed E-state index contributed by atoms with van der Waals surface area (Å²) in [7, 11) is 0. The molecule has 0 atom stereocenters. The molecule has 2 heterocycles. The molecule has 1 fully saturated rings. The summed E-state index contributed by atoms with van der Waals surface area (Å²) in [6, 6.07) is 1.91. The SMILES string of the molecule is CCCN(C(=O)c1ccoc1Cl)C1CNC1. The van der Waals surface area contributed by atoms with Crippen molar-refractivity contribution in [2.75, 3.05) is 19.6 Å². The van der Waals surface area contributed by atoms with Gasteiger partial charge in [-0.1, -0.05) is 6.92 Å². The lowest BCUT2D eigenvalue weighted by Crippen LogP contribution is -2.59. The minimum Gasteiger partial charge on any atom is -0.452 e. The van der Waals surface area contributed by atoms with Crippen LogP contribution in [-0.2, 0) is 0 Å². The molecule has 4 nitrogen and oxygen atoms in total. The first-order chi connectivity index (χ1) is 7.74. The van der Waals surface area contributed by atoms with E-state index in [1.54, 1.807) is 6.07 Å². The smallest absolute Gasteiger partial charge is 0.259 e. The Kier molecular flexibility index (Phi) is 3.51. The van der Waals surface area contributed by atoms with Crippen molar-refractivity contribution in [3.8, 4) is 0 Å². The van der Waals surface area contributed by atoms with Crippen LogP contribution in [0, 0.1) is 0 Å². The van der Waals surface area contributed by atoms with Crippen molar-refractivity contribution >= 4 is 17.5 Å². The maximum atomic E-state index is 12.2. The van der Waals surface area contributed by atoms with Crippen molar-refractivity contribution in [2.24, 2.45) is 0 Å². The van der Waals surface area contributed by atoms with Crippen molar-refractivity contribution in [3.05, 3.63) is 23.1 Å². The topological polar surface area (TPSA) is 45.5 Å². The molecule has 0 unspecified atom stereocenters. The number of hydrogen-bond donors (Lipinski definition) is 1. The number of halogens is 1. The van der Waals surface area contributed by atoms with Crippen LogP contribution in [0.2, 0.25) is 5.22 Å². The quantitative estimate of drug-likeness (QED) is 0.875. The molecule has 0 saturated carbocycles. The van der Waals surface area contributed by atoms with Gasteiger partial charge in [-0.3, -0.25) is 4.79 Å². The normalized spacial score (nSPS) is 15.9. The van der Waals surface area contributed by atoms with Gasteiger partial charge in [-0.05, 0) is 24.1 Å². The fourth-order valence-electron chi connectivity index (χ4n) is 1.79. The van der Waals surface area contributed by atoms with Crippen LogP contribution in [-0.4, -0.2) is 36.5 Å². The van der Waals surface area contributed by atoms with Gasteiger partial charge < -0.3 is 14.6 Å². The summed E-state index contributed by atoms with van der Waals surface area (Å²) in [5, 5.41) is 3.34. The summed E-state index contributed by atoms with van der Waals surface area (Å²) in [5.41, 5.74) is 0.460. The Bertz CT molecular complexity index is 374. The first kappa shape index (κ1) is 11.5. The van der Waals surface area contributed by atoms with Crippen molar-refractivity contribution in [3.63, 3.8) is 0 Å². The Morgan fingerprint density at radius 1 is 1.69 bits per heavy atom. The Morgan fingerprint density at radius 2 is 2.44 bits per heavy atom. The molecule has 1 aromatic heterocycles. The van der Waals surface area contributed by atoms with Gasteiger partial charge in [0.25, 0.3) is 5.91 Å². The lowest BCUT2D eigenvalue weighted by Gasteiger charge is -2.38. The summed E-state index contributed by atoms with van der Waals surface area (Å²) in [6.45, 7) is 4.54. The molecule has 5 heteroatoms. The molecule has 1 aliphatic rings. The van der Waals surface area contributed by atoms with Gasteiger partial charge in [0.1, 0.15) is 0 Å². The van der Waals surface area contributed by atoms with E-state index in [4.69, 9.17) is 16.0 Å². The number of furan rings is 1. The van der Waals surface area contributed by atoms with Crippen molar-refractivity contribution in [1.29, 1.82) is 0 Å². The van der Waals surface area contributed by atoms with E-state index in [0.717, 1.165) is 26.1 Å². The maximum Gasteiger partial charge on any atom is 0.259 e. The van der Waals surface area contributed by atoms with Gasteiger partial charge in [0.15, 0.2) is 0 Å². The number of amides is 1.